The molecule has 0 radical (unpaired) electrons. The molecule has 0 spiro atoms. The van der Waals surface area contributed by atoms with Crippen molar-refractivity contribution in [2.24, 2.45) is 5.73 Å². The van der Waals surface area contributed by atoms with Gasteiger partial charge in [-0.2, -0.15) is 0 Å². The molecule has 98 valence electrons. The van der Waals surface area contributed by atoms with Gasteiger partial charge in [-0.3, -0.25) is 9.88 Å². The maximum atomic E-state index is 6.06. The summed E-state index contributed by atoms with van der Waals surface area (Å²) >= 11 is 6.06. The Hall–Kier alpha value is -0.0600. The Morgan fingerprint density at radius 3 is 2.88 bits per heavy atom. The summed E-state index contributed by atoms with van der Waals surface area (Å²) in [5.41, 5.74) is 7.07. The minimum Gasteiger partial charge on any atom is -0.327 e. The Morgan fingerprint density at radius 1 is 1.47 bits per heavy atom. The summed E-state index contributed by atoms with van der Waals surface area (Å²) in [6.45, 7) is 2.97. The zero-order valence-electron chi connectivity index (χ0n) is 9.51. The van der Waals surface area contributed by atoms with Crippen LogP contribution in [0.25, 0.3) is 0 Å². The van der Waals surface area contributed by atoms with Gasteiger partial charge in [0.05, 0.1) is 5.02 Å². The molecule has 1 aliphatic heterocycles. The molecule has 3 nitrogen and oxygen atoms in total. The van der Waals surface area contributed by atoms with E-state index >= 15 is 0 Å². The molecular weight excluding hydrogens is 281 g/mol. The van der Waals surface area contributed by atoms with Gasteiger partial charge < -0.3 is 5.73 Å². The van der Waals surface area contributed by atoms with Crippen molar-refractivity contribution >= 4 is 36.4 Å². The van der Waals surface area contributed by atoms with Crippen LogP contribution in [-0.2, 0) is 6.54 Å². The molecular formula is C11H18Cl3N3. The maximum absolute atomic E-state index is 6.06. The molecule has 2 rings (SSSR count). The molecule has 6 heteroatoms. The van der Waals surface area contributed by atoms with Gasteiger partial charge in [-0.25, -0.2) is 0 Å². The summed E-state index contributed by atoms with van der Waals surface area (Å²) in [7, 11) is 0. The van der Waals surface area contributed by atoms with Gasteiger partial charge in [0, 0.05) is 31.5 Å². The van der Waals surface area contributed by atoms with Crippen molar-refractivity contribution in [2.75, 3.05) is 13.1 Å². The molecule has 1 atom stereocenters. The highest BCUT2D eigenvalue weighted by molar-refractivity contribution is 6.31. The lowest BCUT2D eigenvalue weighted by atomic mass is 10.1. The predicted molar refractivity (Wildman–Crippen MR) is 76.2 cm³/mol. The largest absolute Gasteiger partial charge is 0.327 e. The molecule has 0 saturated carbocycles. The van der Waals surface area contributed by atoms with Gasteiger partial charge in [0.1, 0.15) is 0 Å². The summed E-state index contributed by atoms with van der Waals surface area (Å²) in [6, 6.07) is 2.29. The molecule has 17 heavy (non-hydrogen) atoms. The second-order valence-corrected chi connectivity index (χ2v) is 4.51. The van der Waals surface area contributed by atoms with Crippen molar-refractivity contribution in [3.05, 3.63) is 29.0 Å². The summed E-state index contributed by atoms with van der Waals surface area (Å²) < 4.78 is 0. The smallest absolute Gasteiger partial charge is 0.0634 e. The fraction of sp³-hybridized carbons (Fsp3) is 0.545. The third-order valence-corrected chi connectivity index (χ3v) is 3.13. The maximum Gasteiger partial charge on any atom is 0.0634 e. The van der Waals surface area contributed by atoms with E-state index in [1.165, 1.54) is 6.42 Å². The predicted octanol–water partition coefficient (Wildman–Crippen LogP) is 2.50. The third kappa shape index (κ3) is 4.98. The number of nitrogens with zero attached hydrogens (tertiary/aromatic N) is 2. The van der Waals surface area contributed by atoms with Crippen LogP contribution < -0.4 is 5.73 Å². The zero-order valence-corrected chi connectivity index (χ0v) is 11.9. The lowest BCUT2D eigenvalue weighted by Gasteiger charge is -2.30. The molecule has 1 aromatic rings. The van der Waals surface area contributed by atoms with Gasteiger partial charge in [0.25, 0.3) is 0 Å². The van der Waals surface area contributed by atoms with Crippen LogP contribution in [-0.4, -0.2) is 29.0 Å². The number of aromatic nitrogens is 1. The van der Waals surface area contributed by atoms with E-state index in [0.717, 1.165) is 36.6 Å². The van der Waals surface area contributed by atoms with Crippen LogP contribution in [0.15, 0.2) is 18.5 Å². The van der Waals surface area contributed by atoms with Crippen molar-refractivity contribution < 1.29 is 0 Å². The highest BCUT2D eigenvalue weighted by Crippen LogP contribution is 2.18. The topological polar surface area (TPSA) is 42.1 Å². The third-order valence-electron chi connectivity index (χ3n) is 2.79. The number of rotatable bonds is 2. The fourth-order valence-corrected chi connectivity index (χ4v) is 2.19. The van der Waals surface area contributed by atoms with Crippen molar-refractivity contribution in [1.82, 2.24) is 9.88 Å². The molecule has 0 bridgehead atoms. The van der Waals surface area contributed by atoms with Gasteiger partial charge in [0.15, 0.2) is 0 Å². The number of hydrogen-bond acceptors (Lipinski definition) is 3. The Kier molecular flexibility index (Phi) is 8.09. The second kappa shape index (κ2) is 8.11. The van der Waals surface area contributed by atoms with Crippen molar-refractivity contribution in [2.45, 2.75) is 25.4 Å². The number of hydrogen-bond donors (Lipinski definition) is 1. The number of piperidine rings is 1. The van der Waals surface area contributed by atoms with Crippen LogP contribution >= 0.6 is 36.4 Å². The summed E-state index contributed by atoms with van der Waals surface area (Å²) in [6.07, 6.45) is 5.80. The monoisotopic (exact) mass is 297 g/mol. The van der Waals surface area contributed by atoms with E-state index in [0.29, 0.717) is 6.04 Å². The van der Waals surface area contributed by atoms with Gasteiger partial charge in [-0.05, 0) is 31.0 Å². The molecule has 1 saturated heterocycles. The molecule has 0 aromatic carbocycles. The normalized spacial score (nSPS) is 20.2. The van der Waals surface area contributed by atoms with E-state index in [9.17, 15) is 0 Å². The van der Waals surface area contributed by atoms with E-state index in [1.54, 1.807) is 12.4 Å². The van der Waals surface area contributed by atoms with E-state index in [2.05, 4.69) is 9.88 Å². The Morgan fingerprint density at radius 2 is 2.24 bits per heavy atom. The fourth-order valence-electron chi connectivity index (χ4n) is 2.01. The van der Waals surface area contributed by atoms with Crippen molar-refractivity contribution in [3.8, 4) is 0 Å². The summed E-state index contributed by atoms with van der Waals surface area (Å²) in [4.78, 5) is 6.33. The minimum absolute atomic E-state index is 0. The Balaban J connectivity index is 0.00000128. The summed E-state index contributed by atoms with van der Waals surface area (Å²) in [5, 5.41) is 0.747. The van der Waals surface area contributed by atoms with E-state index in [4.69, 9.17) is 17.3 Å². The Labute approximate surface area is 120 Å². The van der Waals surface area contributed by atoms with Gasteiger partial charge >= 0.3 is 0 Å². The van der Waals surface area contributed by atoms with E-state index in [-0.39, 0.29) is 24.8 Å². The second-order valence-electron chi connectivity index (χ2n) is 4.10. The SMILES string of the molecule is Cl.Cl.NC1CCCN(Cc2ccncc2Cl)C1. The first-order valence-corrected chi connectivity index (χ1v) is 5.70. The van der Waals surface area contributed by atoms with Gasteiger partial charge in [-0.15, -0.1) is 24.8 Å². The first-order chi connectivity index (χ1) is 7.25. The minimum atomic E-state index is 0. The number of nitrogens with two attached hydrogens (primary N) is 1. The molecule has 2 heterocycles. The number of likely N-dealkylation sites (tertiary alicyclic amines) is 1. The molecule has 1 aromatic heterocycles. The quantitative estimate of drug-likeness (QED) is 0.912. The molecule has 1 aliphatic rings. The van der Waals surface area contributed by atoms with Crippen LogP contribution in [0.1, 0.15) is 18.4 Å². The van der Waals surface area contributed by atoms with Crippen LogP contribution in [0.2, 0.25) is 5.02 Å². The van der Waals surface area contributed by atoms with Crippen molar-refractivity contribution in [3.63, 3.8) is 0 Å². The van der Waals surface area contributed by atoms with Crippen LogP contribution in [0, 0.1) is 0 Å². The van der Waals surface area contributed by atoms with Crippen LogP contribution in [0.5, 0.6) is 0 Å². The van der Waals surface area contributed by atoms with Gasteiger partial charge in [0.2, 0.25) is 0 Å². The molecule has 1 unspecified atom stereocenters. The van der Waals surface area contributed by atoms with E-state index < -0.39 is 0 Å². The highest BCUT2D eigenvalue weighted by Gasteiger charge is 2.17. The van der Waals surface area contributed by atoms with E-state index in [1.807, 2.05) is 6.07 Å². The molecule has 0 aliphatic carbocycles. The zero-order chi connectivity index (χ0) is 10.7. The standard InChI is InChI=1S/C11H16ClN3.2ClH/c12-11-6-14-4-3-9(11)7-15-5-1-2-10(13)8-15;;/h3-4,6,10H,1-2,5,7-8,13H2;2*1H. The van der Waals surface area contributed by atoms with Crippen molar-refractivity contribution in [1.29, 1.82) is 0 Å². The Bertz CT molecular complexity index is 335. The van der Waals surface area contributed by atoms with Gasteiger partial charge in [-0.1, -0.05) is 11.6 Å². The first kappa shape index (κ1) is 16.9. The first-order valence-electron chi connectivity index (χ1n) is 5.32. The number of pyridine rings is 1. The lowest BCUT2D eigenvalue weighted by molar-refractivity contribution is 0.201. The van der Waals surface area contributed by atoms with Crippen LogP contribution in [0.4, 0.5) is 0 Å². The molecule has 1 fully saturated rings. The average Bonchev–Trinajstić information content (AvgIpc) is 2.22. The molecule has 2 N–H and O–H groups in total. The number of halogens is 3. The average molecular weight is 299 g/mol. The summed E-state index contributed by atoms with van der Waals surface area (Å²) in [5.74, 6) is 0. The molecule has 0 amide bonds. The highest BCUT2D eigenvalue weighted by atomic mass is 35.5. The lowest BCUT2D eigenvalue weighted by Crippen LogP contribution is -2.42. The van der Waals surface area contributed by atoms with Crippen LogP contribution in [0.3, 0.4) is 0 Å².